The van der Waals surface area contributed by atoms with Crippen LogP contribution >= 0.6 is 0 Å². The number of unbranched alkanes of at least 4 members (excludes halogenated alkanes) is 1. The van der Waals surface area contributed by atoms with Crippen LogP contribution in [0.2, 0.25) is 0 Å². The van der Waals surface area contributed by atoms with Crippen LogP contribution in [-0.4, -0.2) is 34.5 Å². The van der Waals surface area contributed by atoms with E-state index in [9.17, 15) is 4.79 Å². The summed E-state index contributed by atoms with van der Waals surface area (Å²) < 4.78 is 0. The summed E-state index contributed by atoms with van der Waals surface area (Å²) >= 11 is 0. The lowest BCUT2D eigenvalue weighted by atomic mass is 10.2. The van der Waals surface area contributed by atoms with Crippen molar-refractivity contribution in [3.63, 3.8) is 0 Å². The van der Waals surface area contributed by atoms with Gasteiger partial charge in [-0.3, -0.25) is 9.78 Å². The topological polar surface area (TPSA) is 71.0 Å². The number of benzene rings is 1. The first kappa shape index (κ1) is 19.5. The van der Waals surface area contributed by atoms with E-state index in [1.165, 1.54) is 0 Å². The average molecular weight is 375 g/mol. The number of pyridine rings is 1. The van der Waals surface area contributed by atoms with Crippen LogP contribution in [0, 0.1) is 0 Å². The number of hydrogen-bond donors (Lipinski definition) is 1. The van der Waals surface area contributed by atoms with Crippen molar-refractivity contribution in [1.82, 2.24) is 20.3 Å². The summed E-state index contributed by atoms with van der Waals surface area (Å²) in [4.78, 5) is 28.2. The third kappa shape index (κ3) is 5.13. The molecule has 0 saturated heterocycles. The Morgan fingerprint density at radius 3 is 2.57 bits per heavy atom. The lowest BCUT2D eigenvalue weighted by molar-refractivity contribution is 0.0945. The number of amides is 1. The standard InChI is InChI=1S/C22H25N5O/c1-3-4-14-27(2)20-15-19(22(28)24-16-18-12-8-9-13-23-18)25-21(26-20)17-10-6-5-7-11-17/h5-13,15H,3-4,14,16H2,1-2H3,(H,24,28). The van der Waals surface area contributed by atoms with Gasteiger partial charge in [-0.15, -0.1) is 0 Å². The molecule has 144 valence electrons. The van der Waals surface area contributed by atoms with Crippen molar-refractivity contribution in [2.24, 2.45) is 0 Å². The second-order valence-corrected chi connectivity index (χ2v) is 6.58. The molecule has 0 aliphatic heterocycles. The smallest absolute Gasteiger partial charge is 0.270 e. The Labute approximate surface area is 165 Å². The zero-order valence-electron chi connectivity index (χ0n) is 16.3. The van der Waals surface area contributed by atoms with E-state index in [4.69, 9.17) is 0 Å². The van der Waals surface area contributed by atoms with E-state index in [-0.39, 0.29) is 5.91 Å². The molecule has 0 unspecified atom stereocenters. The van der Waals surface area contributed by atoms with Gasteiger partial charge in [0.1, 0.15) is 11.5 Å². The molecule has 6 nitrogen and oxygen atoms in total. The third-order valence-electron chi connectivity index (χ3n) is 4.37. The van der Waals surface area contributed by atoms with E-state index >= 15 is 0 Å². The van der Waals surface area contributed by atoms with E-state index < -0.39 is 0 Å². The van der Waals surface area contributed by atoms with Crippen LogP contribution in [-0.2, 0) is 6.54 Å². The zero-order valence-corrected chi connectivity index (χ0v) is 16.3. The van der Waals surface area contributed by atoms with Crippen molar-refractivity contribution in [1.29, 1.82) is 0 Å². The predicted octanol–water partition coefficient (Wildman–Crippen LogP) is 3.70. The first-order valence-electron chi connectivity index (χ1n) is 9.51. The highest BCUT2D eigenvalue weighted by Crippen LogP contribution is 2.20. The summed E-state index contributed by atoms with van der Waals surface area (Å²) in [7, 11) is 1.99. The quantitative estimate of drug-likeness (QED) is 0.650. The van der Waals surface area contributed by atoms with E-state index in [0.717, 1.165) is 36.5 Å². The fraction of sp³-hybridized carbons (Fsp3) is 0.273. The van der Waals surface area contributed by atoms with Crippen LogP contribution in [0.3, 0.4) is 0 Å². The van der Waals surface area contributed by atoms with Crippen LogP contribution < -0.4 is 10.2 Å². The molecule has 1 aromatic carbocycles. The largest absolute Gasteiger partial charge is 0.360 e. The molecule has 0 bridgehead atoms. The van der Waals surface area contributed by atoms with Crippen LogP contribution in [0.5, 0.6) is 0 Å². The molecule has 0 radical (unpaired) electrons. The number of hydrogen-bond acceptors (Lipinski definition) is 5. The maximum absolute atomic E-state index is 12.7. The van der Waals surface area contributed by atoms with Crippen molar-refractivity contribution >= 4 is 11.7 Å². The second kappa shape index (κ2) is 9.60. The van der Waals surface area contributed by atoms with E-state index in [1.54, 1.807) is 12.3 Å². The van der Waals surface area contributed by atoms with Crippen LogP contribution in [0.25, 0.3) is 11.4 Å². The molecule has 0 spiro atoms. The van der Waals surface area contributed by atoms with Gasteiger partial charge in [-0.05, 0) is 18.6 Å². The Hall–Kier alpha value is -3.28. The van der Waals surface area contributed by atoms with Gasteiger partial charge in [0, 0.05) is 31.4 Å². The van der Waals surface area contributed by atoms with E-state index in [1.807, 2.05) is 55.6 Å². The number of aromatic nitrogens is 3. The number of nitrogens with zero attached hydrogens (tertiary/aromatic N) is 4. The van der Waals surface area contributed by atoms with Crippen molar-refractivity contribution in [3.8, 4) is 11.4 Å². The van der Waals surface area contributed by atoms with Gasteiger partial charge in [0.05, 0.1) is 12.2 Å². The van der Waals surface area contributed by atoms with Crippen LogP contribution in [0.1, 0.15) is 35.9 Å². The Morgan fingerprint density at radius 1 is 1.07 bits per heavy atom. The number of anilines is 1. The van der Waals surface area contributed by atoms with Gasteiger partial charge in [-0.1, -0.05) is 49.7 Å². The minimum atomic E-state index is -0.240. The molecule has 6 heteroatoms. The maximum Gasteiger partial charge on any atom is 0.270 e. The molecule has 2 heterocycles. The van der Waals surface area contributed by atoms with Crippen molar-refractivity contribution in [2.45, 2.75) is 26.3 Å². The molecule has 3 rings (SSSR count). The van der Waals surface area contributed by atoms with Gasteiger partial charge < -0.3 is 10.2 Å². The summed E-state index contributed by atoms with van der Waals surface area (Å²) in [6, 6.07) is 17.1. The molecule has 28 heavy (non-hydrogen) atoms. The number of nitrogens with one attached hydrogen (secondary N) is 1. The lowest BCUT2D eigenvalue weighted by Crippen LogP contribution is -2.26. The van der Waals surface area contributed by atoms with Gasteiger partial charge in [-0.25, -0.2) is 9.97 Å². The normalized spacial score (nSPS) is 10.5. The van der Waals surface area contributed by atoms with Gasteiger partial charge in [0.2, 0.25) is 0 Å². The second-order valence-electron chi connectivity index (χ2n) is 6.58. The molecule has 0 aliphatic carbocycles. The highest BCUT2D eigenvalue weighted by molar-refractivity contribution is 5.93. The number of rotatable bonds is 8. The molecular weight excluding hydrogens is 350 g/mol. The van der Waals surface area contributed by atoms with Gasteiger partial charge in [-0.2, -0.15) is 0 Å². The summed E-state index contributed by atoms with van der Waals surface area (Å²) in [6.07, 6.45) is 3.86. The monoisotopic (exact) mass is 375 g/mol. The van der Waals surface area contributed by atoms with Gasteiger partial charge in [0.15, 0.2) is 5.82 Å². The minimum Gasteiger partial charge on any atom is -0.360 e. The first-order chi connectivity index (χ1) is 13.7. The van der Waals surface area contributed by atoms with E-state index in [0.29, 0.717) is 18.1 Å². The maximum atomic E-state index is 12.7. The van der Waals surface area contributed by atoms with Crippen molar-refractivity contribution in [2.75, 3.05) is 18.5 Å². The highest BCUT2D eigenvalue weighted by atomic mass is 16.1. The zero-order chi connectivity index (χ0) is 19.8. The van der Waals surface area contributed by atoms with Gasteiger partial charge >= 0.3 is 0 Å². The molecule has 0 fully saturated rings. The minimum absolute atomic E-state index is 0.240. The van der Waals surface area contributed by atoms with Crippen molar-refractivity contribution in [3.05, 3.63) is 72.2 Å². The van der Waals surface area contributed by atoms with Gasteiger partial charge in [0.25, 0.3) is 5.91 Å². The number of carbonyl (C=O) groups excluding carboxylic acids is 1. The molecule has 2 aromatic heterocycles. The SMILES string of the molecule is CCCCN(C)c1cc(C(=O)NCc2ccccn2)nc(-c2ccccc2)n1. The van der Waals surface area contributed by atoms with Crippen LogP contribution in [0.15, 0.2) is 60.8 Å². The molecule has 0 aliphatic rings. The fourth-order valence-electron chi connectivity index (χ4n) is 2.74. The summed E-state index contributed by atoms with van der Waals surface area (Å²) in [5.74, 6) is 1.05. The van der Waals surface area contributed by atoms with E-state index in [2.05, 4.69) is 32.1 Å². The summed E-state index contributed by atoms with van der Waals surface area (Å²) in [5.41, 5.74) is 2.03. The molecule has 1 N–H and O–H groups in total. The Kier molecular flexibility index (Phi) is 6.68. The summed E-state index contributed by atoms with van der Waals surface area (Å²) in [5, 5.41) is 2.89. The average Bonchev–Trinajstić information content (AvgIpc) is 2.76. The lowest BCUT2D eigenvalue weighted by Gasteiger charge is -2.19. The predicted molar refractivity (Wildman–Crippen MR) is 111 cm³/mol. The van der Waals surface area contributed by atoms with Crippen LogP contribution in [0.4, 0.5) is 5.82 Å². The molecule has 0 saturated carbocycles. The first-order valence-corrected chi connectivity index (χ1v) is 9.51. The Bertz CT molecular complexity index is 899. The Morgan fingerprint density at radius 2 is 1.86 bits per heavy atom. The molecular formula is C22H25N5O. The molecule has 3 aromatic rings. The highest BCUT2D eigenvalue weighted by Gasteiger charge is 2.15. The molecule has 0 atom stereocenters. The fourth-order valence-corrected chi connectivity index (χ4v) is 2.74. The van der Waals surface area contributed by atoms with Crippen molar-refractivity contribution < 1.29 is 4.79 Å². The summed E-state index contributed by atoms with van der Waals surface area (Å²) in [6.45, 7) is 3.38. The molecule has 1 amide bonds. The third-order valence-corrected chi connectivity index (χ3v) is 4.37. The number of carbonyl (C=O) groups is 1. The Balaban J connectivity index is 1.86.